The Morgan fingerprint density at radius 2 is 1.85 bits per heavy atom. The van der Waals surface area contributed by atoms with E-state index in [4.69, 9.17) is 23.7 Å². The monoisotopic (exact) mass is 440 g/mol. The van der Waals surface area contributed by atoms with Crippen LogP contribution in [-0.2, 0) is 23.7 Å². The zero-order valence-electron chi connectivity index (χ0n) is 15.3. The van der Waals surface area contributed by atoms with Crippen LogP contribution in [0.2, 0.25) is 0 Å². The van der Waals surface area contributed by atoms with E-state index in [1.807, 2.05) is 18.2 Å². The van der Waals surface area contributed by atoms with Crippen LogP contribution in [0.4, 0.5) is 0 Å². The van der Waals surface area contributed by atoms with Gasteiger partial charge in [-0.3, -0.25) is 0 Å². The molecule has 4 rings (SSSR count). The fraction of sp³-hybridized carbons (Fsp3) is 0.650. The van der Waals surface area contributed by atoms with Crippen LogP contribution in [0.15, 0.2) is 30.3 Å². The standard InChI is InChI=1S/C20H25BrO6/c1-23-19-17-16(26-20(27-17)10-6-3-7-11-20)15(14(12-21)24-19)25-18(22)13-8-4-2-5-9-13/h2,4-5,8-9,14-17,19H,3,6-7,10-12H2,1H3/t14-,15-,16+,17-,19+/m1/s1. The molecule has 1 aromatic rings. The second kappa shape index (κ2) is 8.17. The Labute approximate surface area is 167 Å². The molecule has 1 aromatic carbocycles. The number of halogens is 1. The molecule has 1 saturated carbocycles. The Hall–Kier alpha value is -0.990. The lowest BCUT2D eigenvalue weighted by atomic mass is 9.94. The van der Waals surface area contributed by atoms with Gasteiger partial charge >= 0.3 is 5.97 Å². The summed E-state index contributed by atoms with van der Waals surface area (Å²) in [5.74, 6) is -1.01. The van der Waals surface area contributed by atoms with E-state index in [1.54, 1.807) is 19.2 Å². The molecule has 5 atom stereocenters. The fourth-order valence-electron chi connectivity index (χ4n) is 4.21. The molecular formula is C20H25BrO6. The van der Waals surface area contributed by atoms with Gasteiger partial charge in [0.2, 0.25) is 0 Å². The Bertz CT molecular complexity index is 647. The van der Waals surface area contributed by atoms with E-state index >= 15 is 0 Å². The maximum atomic E-state index is 12.7. The van der Waals surface area contributed by atoms with Gasteiger partial charge in [0.05, 0.1) is 5.56 Å². The van der Waals surface area contributed by atoms with Crippen LogP contribution in [-0.4, -0.2) is 54.9 Å². The number of rotatable bonds is 4. The van der Waals surface area contributed by atoms with Crippen LogP contribution in [0.25, 0.3) is 0 Å². The summed E-state index contributed by atoms with van der Waals surface area (Å²) in [5.41, 5.74) is 0.502. The number of ether oxygens (including phenoxy) is 5. The summed E-state index contributed by atoms with van der Waals surface area (Å²) in [6.07, 6.45) is 2.65. The molecule has 6 nitrogen and oxygen atoms in total. The maximum absolute atomic E-state index is 12.7. The second-order valence-corrected chi connectivity index (χ2v) is 7.95. The van der Waals surface area contributed by atoms with Crippen LogP contribution in [0.3, 0.4) is 0 Å². The van der Waals surface area contributed by atoms with Gasteiger partial charge in [0.15, 0.2) is 18.2 Å². The van der Waals surface area contributed by atoms with Crippen molar-refractivity contribution < 1.29 is 28.5 Å². The first kappa shape index (κ1) is 19.3. The van der Waals surface area contributed by atoms with Gasteiger partial charge in [-0.15, -0.1) is 0 Å². The highest BCUT2D eigenvalue weighted by molar-refractivity contribution is 9.09. The topological polar surface area (TPSA) is 63.2 Å². The molecule has 0 amide bonds. The third kappa shape index (κ3) is 3.80. The molecule has 0 radical (unpaired) electrons. The lowest BCUT2D eigenvalue weighted by Gasteiger charge is -2.40. The molecule has 0 bridgehead atoms. The molecular weight excluding hydrogens is 416 g/mol. The van der Waals surface area contributed by atoms with Gasteiger partial charge in [0.1, 0.15) is 18.3 Å². The predicted molar refractivity (Wildman–Crippen MR) is 101 cm³/mol. The minimum atomic E-state index is -0.619. The molecule has 0 unspecified atom stereocenters. The van der Waals surface area contributed by atoms with Crippen molar-refractivity contribution in [1.82, 2.24) is 0 Å². The highest BCUT2D eigenvalue weighted by Crippen LogP contribution is 2.45. The van der Waals surface area contributed by atoms with E-state index in [0.29, 0.717) is 10.9 Å². The molecule has 7 heteroatoms. The van der Waals surface area contributed by atoms with E-state index in [0.717, 1.165) is 25.7 Å². The Kier molecular flexibility index (Phi) is 5.85. The van der Waals surface area contributed by atoms with Crippen molar-refractivity contribution in [3.8, 4) is 0 Å². The molecule has 148 valence electrons. The largest absolute Gasteiger partial charge is 0.453 e. The van der Waals surface area contributed by atoms with Gasteiger partial charge in [-0.2, -0.15) is 0 Å². The van der Waals surface area contributed by atoms with Gasteiger partial charge in [0.25, 0.3) is 0 Å². The lowest BCUT2D eigenvalue weighted by molar-refractivity contribution is -0.262. The van der Waals surface area contributed by atoms with Crippen LogP contribution < -0.4 is 0 Å². The van der Waals surface area contributed by atoms with Crippen LogP contribution >= 0.6 is 15.9 Å². The third-order valence-electron chi connectivity index (χ3n) is 5.55. The Balaban J connectivity index is 1.57. The predicted octanol–water partition coefficient (Wildman–Crippen LogP) is 3.42. The number of hydrogen-bond acceptors (Lipinski definition) is 6. The van der Waals surface area contributed by atoms with Gasteiger partial charge in [0, 0.05) is 25.3 Å². The average Bonchev–Trinajstić information content (AvgIpc) is 3.08. The SMILES string of the molecule is CO[C@H]1O[C@H](CBr)[C@@H](OC(=O)c2ccccc2)[C@@H]2OC3(CCCCC3)O[C@@H]12. The number of carbonyl (C=O) groups excluding carboxylic acids is 1. The van der Waals surface area contributed by atoms with E-state index in [2.05, 4.69) is 15.9 Å². The van der Waals surface area contributed by atoms with Gasteiger partial charge in [-0.25, -0.2) is 4.79 Å². The molecule has 3 aliphatic rings. The number of esters is 1. The number of benzene rings is 1. The molecule has 1 aliphatic carbocycles. The zero-order chi connectivity index (χ0) is 18.9. The molecule has 0 N–H and O–H groups in total. The first-order chi connectivity index (χ1) is 13.2. The maximum Gasteiger partial charge on any atom is 0.338 e. The molecule has 0 aromatic heterocycles. The third-order valence-corrected chi connectivity index (χ3v) is 6.18. The zero-order valence-corrected chi connectivity index (χ0v) is 16.9. The molecule has 3 fully saturated rings. The van der Waals surface area contributed by atoms with Crippen LogP contribution in [0.5, 0.6) is 0 Å². The minimum absolute atomic E-state index is 0.383. The number of hydrogen-bond donors (Lipinski definition) is 0. The smallest absolute Gasteiger partial charge is 0.338 e. The Morgan fingerprint density at radius 3 is 2.52 bits per heavy atom. The fourth-order valence-corrected chi connectivity index (χ4v) is 4.73. The summed E-state index contributed by atoms with van der Waals surface area (Å²) >= 11 is 3.47. The van der Waals surface area contributed by atoms with Crippen molar-refractivity contribution in [2.75, 3.05) is 12.4 Å². The van der Waals surface area contributed by atoms with Crippen molar-refractivity contribution in [3.05, 3.63) is 35.9 Å². The number of alkyl halides is 1. The highest BCUT2D eigenvalue weighted by Gasteiger charge is 2.59. The molecule has 2 heterocycles. The highest BCUT2D eigenvalue weighted by atomic mass is 79.9. The van der Waals surface area contributed by atoms with Crippen molar-refractivity contribution in [2.24, 2.45) is 0 Å². The first-order valence-corrected chi connectivity index (χ1v) is 10.6. The van der Waals surface area contributed by atoms with Crippen LogP contribution in [0, 0.1) is 0 Å². The molecule has 2 saturated heterocycles. The van der Waals surface area contributed by atoms with Crippen molar-refractivity contribution in [2.45, 2.75) is 68.6 Å². The summed E-state index contributed by atoms with van der Waals surface area (Å²) in [5, 5.41) is 0.499. The van der Waals surface area contributed by atoms with Gasteiger partial charge < -0.3 is 23.7 Å². The van der Waals surface area contributed by atoms with E-state index in [9.17, 15) is 4.79 Å². The molecule has 2 aliphatic heterocycles. The summed E-state index contributed by atoms with van der Waals surface area (Å²) in [6, 6.07) is 8.96. The summed E-state index contributed by atoms with van der Waals surface area (Å²) in [7, 11) is 1.60. The van der Waals surface area contributed by atoms with E-state index in [1.165, 1.54) is 6.42 Å². The van der Waals surface area contributed by atoms with Crippen molar-refractivity contribution in [3.63, 3.8) is 0 Å². The second-order valence-electron chi connectivity index (χ2n) is 7.31. The number of methoxy groups -OCH3 is 1. The molecule has 1 spiro atoms. The van der Waals surface area contributed by atoms with Crippen LogP contribution in [0.1, 0.15) is 42.5 Å². The van der Waals surface area contributed by atoms with E-state index < -0.39 is 36.4 Å². The van der Waals surface area contributed by atoms with E-state index in [-0.39, 0.29) is 6.10 Å². The summed E-state index contributed by atoms with van der Waals surface area (Å²) in [6.45, 7) is 0. The van der Waals surface area contributed by atoms with Crippen molar-refractivity contribution >= 4 is 21.9 Å². The average molecular weight is 441 g/mol. The summed E-state index contributed by atoms with van der Waals surface area (Å²) < 4.78 is 30.2. The summed E-state index contributed by atoms with van der Waals surface area (Å²) in [4.78, 5) is 12.7. The minimum Gasteiger partial charge on any atom is -0.453 e. The van der Waals surface area contributed by atoms with Crippen molar-refractivity contribution in [1.29, 1.82) is 0 Å². The first-order valence-electron chi connectivity index (χ1n) is 9.52. The quantitative estimate of drug-likeness (QED) is 0.527. The number of carbonyl (C=O) groups is 1. The van der Waals surface area contributed by atoms with Gasteiger partial charge in [-0.1, -0.05) is 40.5 Å². The molecule has 27 heavy (non-hydrogen) atoms. The van der Waals surface area contributed by atoms with Gasteiger partial charge in [-0.05, 0) is 25.0 Å². The Morgan fingerprint density at radius 1 is 1.15 bits per heavy atom. The lowest BCUT2D eigenvalue weighted by Crippen LogP contribution is -2.58. The normalized spacial score (nSPS) is 35.0. The number of fused-ring (bicyclic) bond motifs is 1.